The van der Waals surface area contributed by atoms with Crippen LogP contribution in [0.2, 0.25) is 5.02 Å². The third-order valence-corrected chi connectivity index (χ3v) is 5.43. The second kappa shape index (κ2) is 8.39. The lowest BCUT2D eigenvalue weighted by Crippen LogP contribution is -2.44. The topological polar surface area (TPSA) is 82.3 Å². The summed E-state index contributed by atoms with van der Waals surface area (Å²) in [5, 5.41) is 14.3. The summed E-state index contributed by atoms with van der Waals surface area (Å²) in [6, 6.07) is 7.88. The molecule has 1 fully saturated rings. The molecule has 2 aliphatic heterocycles. The maximum Gasteiger partial charge on any atom is 0.272 e. The fourth-order valence-electron chi connectivity index (χ4n) is 3.75. The largest absolute Gasteiger partial charge is 0.379 e. The lowest BCUT2D eigenvalue weighted by Gasteiger charge is -2.35. The fourth-order valence-corrected chi connectivity index (χ4v) is 3.95. The molecule has 2 aliphatic rings. The maximum absolute atomic E-state index is 12.8. The number of hydrogen-bond donors (Lipinski definition) is 3. The van der Waals surface area contributed by atoms with E-state index in [2.05, 4.69) is 31.8 Å². The van der Waals surface area contributed by atoms with Gasteiger partial charge in [0.05, 0.1) is 19.3 Å². The third-order valence-electron chi connectivity index (χ3n) is 5.20. The predicted octanol–water partition coefficient (Wildman–Crippen LogP) is 1.51. The number of morpholine rings is 1. The number of carbonyl (C=O) groups is 1. The van der Waals surface area contributed by atoms with Gasteiger partial charge in [-0.2, -0.15) is 5.10 Å². The van der Waals surface area contributed by atoms with Crippen LogP contribution in [0.4, 0.5) is 0 Å². The second-order valence-electron chi connectivity index (χ2n) is 6.89. The number of rotatable bonds is 5. The van der Waals surface area contributed by atoms with Crippen molar-refractivity contribution in [1.82, 2.24) is 25.7 Å². The Kier molecular flexibility index (Phi) is 5.73. The van der Waals surface area contributed by atoms with Crippen molar-refractivity contribution in [1.29, 1.82) is 0 Å². The van der Waals surface area contributed by atoms with Gasteiger partial charge in [0.25, 0.3) is 5.91 Å². The van der Waals surface area contributed by atoms with Crippen molar-refractivity contribution >= 4 is 17.5 Å². The molecule has 1 saturated heterocycles. The zero-order valence-corrected chi connectivity index (χ0v) is 15.9. The van der Waals surface area contributed by atoms with Crippen LogP contribution in [0.1, 0.15) is 33.4 Å². The van der Waals surface area contributed by atoms with Crippen LogP contribution >= 0.6 is 11.6 Å². The molecule has 1 atom stereocenters. The van der Waals surface area contributed by atoms with Crippen molar-refractivity contribution in [2.24, 2.45) is 0 Å². The van der Waals surface area contributed by atoms with Crippen LogP contribution < -0.4 is 10.6 Å². The monoisotopic (exact) mass is 389 g/mol. The highest BCUT2D eigenvalue weighted by atomic mass is 35.5. The Morgan fingerprint density at radius 1 is 1.37 bits per heavy atom. The summed E-state index contributed by atoms with van der Waals surface area (Å²) in [4.78, 5) is 15.1. The van der Waals surface area contributed by atoms with Crippen LogP contribution in [0.5, 0.6) is 0 Å². The van der Waals surface area contributed by atoms with Crippen LogP contribution in [0.25, 0.3) is 0 Å². The summed E-state index contributed by atoms with van der Waals surface area (Å²) in [6.45, 7) is 5.13. The molecular weight excluding hydrogens is 366 g/mol. The first-order valence-corrected chi connectivity index (χ1v) is 9.72. The average Bonchev–Trinajstić information content (AvgIpc) is 3.13. The van der Waals surface area contributed by atoms with Crippen LogP contribution in [0.15, 0.2) is 24.3 Å². The normalized spacial score (nSPS) is 18.7. The van der Waals surface area contributed by atoms with E-state index in [1.54, 1.807) is 0 Å². The molecular formula is C19H24ClN5O2. The smallest absolute Gasteiger partial charge is 0.272 e. The molecule has 27 heavy (non-hydrogen) atoms. The number of H-pyrrole nitrogens is 1. The molecule has 0 spiro atoms. The molecule has 1 aromatic carbocycles. The minimum Gasteiger partial charge on any atom is -0.379 e. The molecule has 0 bridgehead atoms. The summed E-state index contributed by atoms with van der Waals surface area (Å²) in [5.74, 6) is -0.142. The van der Waals surface area contributed by atoms with Gasteiger partial charge in [-0.1, -0.05) is 23.7 Å². The van der Waals surface area contributed by atoms with Gasteiger partial charge in [0.1, 0.15) is 0 Å². The van der Waals surface area contributed by atoms with E-state index in [0.29, 0.717) is 37.0 Å². The summed E-state index contributed by atoms with van der Waals surface area (Å²) in [6.07, 6.45) is 0.870. The average molecular weight is 390 g/mol. The number of ether oxygens (including phenoxy) is 1. The van der Waals surface area contributed by atoms with Gasteiger partial charge < -0.3 is 15.4 Å². The summed E-state index contributed by atoms with van der Waals surface area (Å²) < 4.78 is 5.48. The molecule has 144 valence electrons. The van der Waals surface area contributed by atoms with Crippen molar-refractivity contribution < 1.29 is 9.53 Å². The van der Waals surface area contributed by atoms with E-state index in [9.17, 15) is 4.79 Å². The van der Waals surface area contributed by atoms with Crippen molar-refractivity contribution in [3.05, 3.63) is 51.8 Å². The Balaban J connectivity index is 1.49. The van der Waals surface area contributed by atoms with E-state index in [-0.39, 0.29) is 11.9 Å². The molecule has 0 aliphatic carbocycles. The molecule has 3 N–H and O–H groups in total. The summed E-state index contributed by atoms with van der Waals surface area (Å²) in [7, 11) is 0. The number of fused-ring (bicyclic) bond motifs is 1. The van der Waals surface area contributed by atoms with Gasteiger partial charge in [-0.25, -0.2) is 0 Å². The number of amides is 1. The number of nitrogens with zero attached hydrogens (tertiary/aromatic N) is 2. The van der Waals surface area contributed by atoms with E-state index >= 15 is 0 Å². The van der Waals surface area contributed by atoms with Crippen LogP contribution in [0, 0.1) is 0 Å². The Hall–Kier alpha value is -1.93. The Morgan fingerprint density at radius 2 is 2.22 bits per heavy atom. The minimum atomic E-state index is -0.142. The van der Waals surface area contributed by atoms with Gasteiger partial charge >= 0.3 is 0 Å². The van der Waals surface area contributed by atoms with Crippen molar-refractivity contribution in [3.8, 4) is 0 Å². The maximum atomic E-state index is 12.8. The van der Waals surface area contributed by atoms with Gasteiger partial charge in [0.15, 0.2) is 5.69 Å². The Morgan fingerprint density at radius 3 is 3.04 bits per heavy atom. The number of nitrogens with one attached hydrogen (secondary N) is 3. The van der Waals surface area contributed by atoms with Crippen molar-refractivity contribution in [2.45, 2.75) is 19.0 Å². The number of benzene rings is 1. The van der Waals surface area contributed by atoms with E-state index in [4.69, 9.17) is 16.3 Å². The molecule has 4 rings (SSSR count). The molecule has 2 aromatic rings. The Bertz CT molecular complexity index is 803. The molecule has 0 saturated carbocycles. The van der Waals surface area contributed by atoms with Crippen LogP contribution in [-0.2, 0) is 17.7 Å². The zero-order chi connectivity index (χ0) is 18.6. The van der Waals surface area contributed by atoms with Gasteiger partial charge in [0, 0.05) is 55.4 Å². The van der Waals surface area contributed by atoms with E-state index < -0.39 is 0 Å². The number of halogens is 1. The van der Waals surface area contributed by atoms with Crippen molar-refractivity contribution in [2.75, 3.05) is 39.4 Å². The standard InChI is InChI=1S/C19H24ClN5O2/c20-14-3-1-2-13(10-14)17(25-6-8-27-9-7-25)12-22-19(26)18-15-11-21-5-4-16(15)23-24-18/h1-3,10,17,21H,4-9,11-12H2,(H,22,26)(H,23,24). The molecule has 8 heteroatoms. The highest BCUT2D eigenvalue weighted by Gasteiger charge is 2.26. The molecule has 1 amide bonds. The number of aromatic amines is 1. The lowest BCUT2D eigenvalue weighted by molar-refractivity contribution is 0.0162. The second-order valence-corrected chi connectivity index (χ2v) is 7.32. The fraction of sp³-hybridized carbons (Fsp3) is 0.474. The Labute approximate surface area is 163 Å². The quantitative estimate of drug-likeness (QED) is 0.722. The minimum absolute atomic E-state index is 0.0458. The van der Waals surface area contributed by atoms with E-state index in [1.165, 1.54) is 0 Å². The number of aromatic nitrogens is 2. The van der Waals surface area contributed by atoms with Gasteiger partial charge in [-0.15, -0.1) is 0 Å². The first kappa shape index (κ1) is 18.4. The highest BCUT2D eigenvalue weighted by Crippen LogP contribution is 2.24. The summed E-state index contributed by atoms with van der Waals surface area (Å²) >= 11 is 6.20. The van der Waals surface area contributed by atoms with Gasteiger partial charge in [0.2, 0.25) is 0 Å². The lowest BCUT2D eigenvalue weighted by atomic mass is 10.0. The number of hydrogen-bond acceptors (Lipinski definition) is 5. The SMILES string of the molecule is O=C(NCC(c1cccc(Cl)c1)N1CCOCC1)c1n[nH]c2c1CNCC2. The van der Waals surface area contributed by atoms with Crippen molar-refractivity contribution in [3.63, 3.8) is 0 Å². The molecule has 3 heterocycles. The molecule has 1 unspecified atom stereocenters. The van der Waals surface area contributed by atoms with E-state index in [1.807, 2.05) is 18.2 Å². The predicted molar refractivity (Wildman–Crippen MR) is 103 cm³/mol. The van der Waals surface area contributed by atoms with Crippen LogP contribution in [-0.4, -0.2) is 60.4 Å². The highest BCUT2D eigenvalue weighted by molar-refractivity contribution is 6.30. The first-order valence-electron chi connectivity index (χ1n) is 9.34. The van der Waals surface area contributed by atoms with Crippen LogP contribution in [0.3, 0.4) is 0 Å². The summed E-state index contributed by atoms with van der Waals surface area (Å²) in [5.41, 5.74) is 3.61. The molecule has 7 nitrogen and oxygen atoms in total. The number of carbonyl (C=O) groups excluding carboxylic acids is 1. The first-order chi connectivity index (χ1) is 13.2. The van der Waals surface area contributed by atoms with Gasteiger partial charge in [-0.3, -0.25) is 14.8 Å². The zero-order valence-electron chi connectivity index (χ0n) is 15.1. The molecule has 0 radical (unpaired) electrons. The third kappa shape index (κ3) is 4.16. The van der Waals surface area contributed by atoms with E-state index in [0.717, 1.165) is 42.9 Å². The molecule has 1 aromatic heterocycles. The van der Waals surface area contributed by atoms with Gasteiger partial charge in [-0.05, 0) is 17.7 Å².